The summed E-state index contributed by atoms with van der Waals surface area (Å²) in [5.41, 5.74) is 4.33. The number of aromatic nitrogens is 2. The van der Waals surface area contributed by atoms with E-state index < -0.39 is 0 Å². The zero-order chi connectivity index (χ0) is 32.7. The monoisotopic (exact) mass is 669 g/mol. The predicted molar refractivity (Wildman–Crippen MR) is 195 cm³/mol. The lowest BCUT2D eigenvalue weighted by Crippen LogP contribution is -2.56. The van der Waals surface area contributed by atoms with Crippen LogP contribution < -0.4 is 10.9 Å². The molecule has 8 rings (SSSR count). The Labute approximate surface area is 288 Å². The summed E-state index contributed by atoms with van der Waals surface area (Å²) in [5, 5.41) is 5.52. The highest BCUT2D eigenvalue weighted by atomic mass is 35.5. The van der Waals surface area contributed by atoms with E-state index in [0.29, 0.717) is 57.2 Å². The molecule has 2 heterocycles. The van der Waals surface area contributed by atoms with Crippen LogP contribution in [0.15, 0.2) is 82.8 Å². The van der Waals surface area contributed by atoms with Crippen LogP contribution >= 0.6 is 23.2 Å². The average Bonchev–Trinajstić information content (AvgIpc) is 3.06. The Hall–Kier alpha value is -3.35. The van der Waals surface area contributed by atoms with Gasteiger partial charge in [0.25, 0.3) is 5.56 Å². The van der Waals surface area contributed by atoms with Crippen LogP contribution in [-0.4, -0.2) is 39.5 Å². The first-order valence-corrected chi connectivity index (χ1v) is 18.0. The number of benzene rings is 3. The Morgan fingerprint density at radius 3 is 2.53 bits per heavy atom. The zero-order valence-electron chi connectivity index (χ0n) is 27.6. The molecule has 1 aromatic heterocycles. The second kappa shape index (κ2) is 13.3. The molecule has 1 aliphatic heterocycles. The molecule has 4 atom stereocenters. The highest BCUT2D eigenvalue weighted by Crippen LogP contribution is 2.61. The SMILES string of the molecule is C[C@@H]1[C@@H](N=C(Nc2ccc3c(=O)n(CCc4ccc(Cl)cc4Cl)cnc3c2)N2CCC(Cc3ccccc3)CC2)C[C@@H]2C[C@H]1C2(C)C. The molecule has 0 amide bonds. The van der Waals surface area contributed by atoms with Crippen LogP contribution in [0.2, 0.25) is 10.0 Å². The molecule has 2 bridgehead atoms. The van der Waals surface area contributed by atoms with Crippen LogP contribution in [0, 0.1) is 29.1 Å². The summed E-state index contributed by atoms with van der Waals surface area (Å²) < 4.78 is 1.66. The number of aryl methyl sites for hydroxylation is 2. The van der Waals surface area contributed by atoms with Gasteiger partial charge in [0.1, 0.15) is 0 Å². The zero-order valence-corrected chi connectivity index (χ0v) is 29.1. The third-order valence-corrected chi connectivity index (χ3v) is 12.2. The van der Waals surface area contributed by atoms with E-state index in [4.69, 9.17) is 33.2 Å². The molecule has 4 aliphatic rings. The molecule has 0 spiro atoms. The number of hydrogen-bond donors (Lipinski definition) is 1. The second-order valence-electron chi connectivity index (χ2n) is 14.7. The summed E-state index contributed by atoms with van der Waals surface area (Å²) >= 11 is 12.4. The summed E-state index contributed by atoms with van der Waals surface area (Å²) in [5.74, 6) is 3.68. The number of rotatable bonds is 7. The number of hydrogen-bond acceptors (Lipinski definition) is 3. The maximum absolute atomic E-state index is 13.4. The maximum Gasteiger partial charge on any atom is 0.261 e. The molecule has 3 aliphatic carbocycles. The van der Waals surface area contributed by atoms with Crippen LogP contribution in [0.3, 0.4) is 0 Å². The molecule has 0 radical (unpaired) electrons. The van der Waals surface area contributed by atoms with Crippen LogP contribution in [0.5, 0.6) is 0 Å². The third-order valence-electron chi connectivity index (χ3n) is 11.6. The minimum atomic E-state index is -0.0566. The number of nitrogens with one attached hydrogen (secondary N) is 1. The van der Waals surface area contributed by atoms with Gasteiger partial charge in [0.05, 0.1) is 23.3 Å². The summed E-state index contributed by atoms with van der Waals surface area (Å²) in [4.78, 5) is 26.1. The number of nitrogens with zero attached hydrogens (tertiary/aromatic N) is 4. The second-order valence-corrected chi connectivity index (χ2v) is 15.5. The van der Waals surface area contributed by atoms with Gasteiger partial charge in [-0.25, -0.2) is 9.98 Å². The van der Waals surface area contributed by atoms with Gasteiger partial charge >= 0.3 is 0 Å². The minimum Gasteiger partial charge on any atom is -0.343 e. The molecule has 1 saturated heterocycles. The fourth-order valence-corrected chi connectivity index (χ4v) is 8.93. The Morgan fingerprint density at radius 2 is 1.81 bits per heavy atom. The number of likely N-dealkylation sites (tertiary alicyclic amines) is 1. The maximum atomic E-state index is 13.4. The molecular weight excluding hydrogens is 625 g/mol. The van der Waals surface area contributed by atoms with E-state index >= 15 is 0 Å². The molecular formula is C39H45Cl2N5O. The van der Waals surface area contributed by atoms with E-state index in [2.05, 4.69) is 61.3 Å². The fraction of sp³-hybridized carbons (Fsp3) is 0.462. The van der Waals surface area contributed by atoms with Crippen molar-refractivity contribution in [1.82, 2.24) is 14.5 Å². The first-order chi connectivity index (χ1) is 22.7. The summed E-state index contributed by atoms with van der Waals surface area (Å²) in [6.07, 6.45) is 8.18. The Balaban J connectivity index is 1.10. The van der Waals surface area contributed by atoms with Gasteiger partial charge in [-0.3, -0.25) is 9.36 Å². The van der Waals surface area contributed by atoms with Gasteiger partial charge in [-0.1, -0.05) is 80.4 Å². The molecule has 4 aromatic rings. The largest absolute Gasteiger partial charge is 0.343 e. The molecule has 4 fully saturated rings. The van der Waals surface area contributed by atoms with Crippen LogP contribution in [0.25, 0.3) is 10.9 Å². The van der Waals surface area contributed by atoms with E-state index in [1.165, 1.54) is 12.0 Å². The van der Waals surface area contributed by atoms with Crippen molar-refractivity contribution < 1.29 is 0 Å². The van der Waals surface area contributed by atoms with Crippen molar-refractivity contribution in [2.75, 3.05) is 18.4 Å². The Morgan fingerprint density at radius 1 is 1.02 bits per heavy atom. The lowest BCUT2D eigenvalue weighted by molar-refractivity contribution is -0.108. The number of guanidine groups is 1. The van der Waals surface area contributed by atoms with Gasteiger partial charge in [0.2, 0.25) is 0 Å². The van der Waals surface area contributed by atoms with Crippen molar-refractivity contribution in [2.24, 2.45) is 34.1 Å². The number of aliphatic imine (C=N–C) groups is 1. The summed E-state index contributed by atoms with van der Waals surface area (Å²) in [6, 6.07) is 22.5. The lowest BCUT2D eigenvalue weighted by Gasteiger charge is -2.61. The van der Waals surface area contributed by atoms with Crippen LogP contribution in [0.1, 0.15) is 57.6 Å². The molecule has 8 heteroatoms. The van der Waals surface area contributed by atoms with Crippen molar-refractivity contribution >= 4 is 45.8 Å². The number of halogens is 2. The first kappa shape index (κ1) is 32.2. The molecule has 6 nitrogen and oxygen atoms in total. The highest BCUT2D eigenvalue weighted by Gasteiger charge is 2.56. The Bertz CT molecular complexity index is 1830. The molecule has 246 valence electrons. The quantitative estimate of drug-likeness (QED) is 0.158. The van der Waals surface area contributed by atoms with Crippen molar-refractivity contribution in [3.8, 4) is 0 Å². The normalized spacial score (nSPS) is 24.3. The molecule has 3 saturated carbocycles. The van der Waals surface area contributed by atoms with E-state index in [-0.39, 0.29) is 5.56 Å². The number of fused-ring (bicyclic) bond motifs is 3. The summed E-state index contributed by atoms with van der Waals surface area (Å²) in [7, 11) is 0. The highest BCUT2D eigenvalue weighted by molar-refractivity contribution is 6.35. The number of piperidine rings is 1. The van der Waals surface area contributed by atoms with E-state index in [0.717, 1.165) is 67.8 Å². The van der Waals surface area contributed by atoms with Crippen molar-refractivity contribution in [3.05, 3.63) is 105 Å². The molecule has 0 unspecified atom stereocenters. The van der Waals surface area contributed by atoms with Gasteiger partial charge in [-0.2, -0.15) is 0 Å². The van der Waals surface area contributed by atoms with Gasteiger partial charge in [0.15, 0.2) is 5.96 Å². The van der Waals surface area contributed by atoms with Crippen molar-refractivity contribution in [3.63, 3.8) is 0 Å². The third kappa shape index (κ3) is 6.69. The van der Waals surface area contributed by atoms with Gasteiger partial charge in [-0.05, 0) is 109 Å². The van der Waals surface area contributed by atoms with Crippen LogP contribution in [0.4, 0.5) is 5.69 Å². The lowest BCUT2D eigenvalue weighted by atomic mass is 9.45. The van der Waals surface area contributed by atoms with Crippen LogP contribution in [-0.2, 0) is 19.4 Å². The van der Waals surface area contributed by atoms with E-state index in [9.17, 15) is 4.79 Å². The topological polar surface area (TPSA) is 62.5 Å². The standard InChI is InChI=1S/C39H45Cl2N5O/c1-25-33-20-29(39(33,2)3)21-35(25)44-38(45-16-13-27(14-17-45)19-26-7-5-4-6-8-26)43-31-11-12-32-36(23-31)42-24-46(37(32)47)18-15-28-9-10-30(40)22-34(28)41/h4-12,22-25,27,29,33,35H,13-21H2,1-3H3,(H,43,44)/t25-,29-,33+,35-/m0/s1. The average molecular weight is 671 g/mol. The van der Waals surface area contributed by atoms with E-state index in [1.807, 2.05) is 30.3 Å². The smallest absolute Gasteiger partial charge is 0.261 e. The first-order valence-electron chi connectivity index (χ1n) is 17.2. The van der Waals surface area contributed by atoms with Gasteiger partial charge < -0.3 is 10.2 Å². The van der Waals surface area contributed by atoms with Gasteiger partial charge in [0, 0.05) is 35.4 Å². The van der Waals surface area contributed by atoms with Gasteiger partial charge in [-0.15, -0.1) is 0 Å². The van der Waals surface area contributed by atoms with E-state index in [1.54, 1.807) is 17.0 Å². The molecule has 1 N–H and O–H groups in total. The van der Waals surface area contributed by atoms with Crippen molar-refractivity contribution in [1.29, 1.82) is 0 Å². The van der Waals surface area contributed by atoms with Crippen molar-refractivity contribution in [2.45, 2.75) is 71.9 Å². The molecule has 47 heavy (non-hydrogen) atoms. The fourth-order valence-electron chi connectivity index (χ4n) is 8.43. The minimum absolute atomic E-state index is 0.0566. The molecule has 3 aromatic carbocycles. The summed E-state index contributed by atoms with van der Waals surface area (Å²) in [6.45, 7) is 9.75. The Kier molecular flexibility index (Phi) is 9.10. The number of anilines is 1. The predicted octanol–water partition coefficient (Wildman–Crippen LogP) is 8.74.